The molecule has 4 nitrogen and oxygen atoms in total. The molecule has 0 bridgehead atoms. The zero-order chi connectivity index (χ0) is 25.8. The third-order valence-electron chi connectivity index (χ3n) is 5.89. The summed E-state index contributed by atoms with van der Waals surface area (Å²) >= 11 is 5.90. The maximum Gasteiger partial charge on any atom is 0.227 e. The van der Waals surface area contributed by atoms with E-state index in [1.54, 1.807) is 25.3 Å². The Labute approximate surface area is 219 Å². The second-order valence-corrected chi connectivity index (χ2v) is 9.15. The summed E-state index contributed by atoms with van der Waals surface area (Å²) in [5, 5.41) is 3.82. The van der Waals surface area contributed by atoms with Gasteiger partial charge in [0.05, 0.1) is 5.69 Å². The number of benzene rings is 3. The predicted octanol–water partition coefficient (Wildman–Crippen LogP) is 9.11. The molecule has 186 valence electrons. The molecule has 5 heteroatoms. The smallest absolute Gasteiger partial charge is 0.227 e. The second kappa shape index (κ2) is 14.2. The number of rotatable bonds is 9. The van der Waals surface area contributed by atoms with Crippen molar-refractivity contribution in [3.63, 3.8) is 0 Å². The zero-order valence-corrected chi connectivity index (χ0v) is 22.0. The van der Waals surface area contributed by atoms with Crippen molar-refractivity contribution in [3.05, 3.63) is 107 Å². The van der Waals surface area contributed by atoms with Gasteiger partial charge in [-0.2, -0.15) is 0 Å². The van der Waals surface area contributed by atoms with Crippen LogP contribution < -0.4 is 5.32 Å². The van der Waals surface area contributed by atoms with Crippen molar-refractivity contribution in [2.45, 2.75) is 52.4 Å². The number of nitrogens with one attached hydrogen (secondary N) is 1. The van der Waals surface area contributed by atoms with Gasteiger partial charge in [-0.1, -0.05) is 80.8 Å². The summed E-state index contributed by atoms with van der Waals surface area (Å²) in [5.41, 5.74) is 4.78. The number of hydrogen-bond acceptors (Lipinski definition) is 4. The van der Waals surface area contributed by atoms with Gasteiger partial charge in [-0.25, -0.2) is 9.97 Å². The second-order valence-electron chi connectivity index (χ2n) is 8.72. The molecule has 4 aromatic rings. The third kappa shape index (κ3) is 8.31. The van der Waals surface area contributed by atoms with Crippen molar-refractivity contribution in [1.82, 2.24) is 9.97 Å². The van der Waals surface area contributed by atoms with Gasteiger partial charge in [0.1, 0.15) is 0 Å². The van der Waals surface area contributed by atoms with Gasteiger partial charge in [-0.05, 0) is 73.7 Å². The van der Waals surface area contributed by atoms with Crippen LogP contribution in [0.1, 0.15) is 68.3 Å². The molecule has 0 saturated heterocycles. The first-order chi connectivity index (χ1) is 17.5. The van der Waals surface area contributed by atoms with Gasteiger partial charge >= 0.3 is 0 Å². The Hall–Kier alpha value is -3.50. The van der Waals surface area contributed by atoms with Crippen LogP contribution in [-0.2, 0) is 0 Å². The van der Waals surface area contributed by atoms with E-state index in [4.69, 9.17) is 11.6 Å². The summed E-state index contributed by atoms with van der Waals surface area (Å²) in [7, 11) is 0. The number of nitrogens with zero attached hydrogens (tertiary/aromatic N) is 2. The van der Waals surface area contributed by atoms with Crippen LogP contribution in [0.4, 0.5) is 11.6 Å². The van der Waals surface area contributed by atoms with E-state index in [-0.39, 0.29) is 5.78 Å². The lowest BCUT2D eigenvalue weighted by atomic mass is 9.91. The SMILES string of the molecule is CC(=O)c1ccc(Nc2nccc(-c3ccc(Cl)cc3)n2)cc1.CCCC(CCC)c1ccccc1. The number of carbonyl (C=O) groups is 1. The van der Waals surface area contributed by atoms with E-state index in [0.717, 1.165) is 22.9 Å². The molecule has 1 heterocycles. The minimum atomic E-state index is 0.0394. The summed E-state index contributed by atoms with van der Waals surface area (Å²) in [6.45, 7) is 6.08. The van der Waals surface area contributed by atoms with E-state index in [9.17, 15) is 4.79 Å². The van der Waals surface area contributed by atoms with Crippen molar-refractivity contribution in [2.75, 3.05) is 5.32 Å². The molecular formula is C31H34ClN3O. The Bertz CT molecular complexity index is 1200. The molecule has 0 fully saturated rings. The quantitative estimate of drug-likeness (QED) is 0.233. The Morgan fingerprint density at radius 3 is 2.08 bits per heavy atom. The largest absolute Gasteiger partial charge is 0.324 e. The predicted molar refractivity (Wildman–Crippen MR) is 151 cm³/mol. The molecule has 0 aliphatic carbocycles. The Morgan fingerprint density at radius 1 is 0.861 bits per heavy atom. The van der Waals surface area contributed by atoms with Gasteiger partial charge in [0.25, 0.3) is 0 Å². The molecule has 0 atom stereocenters. The van der Waals surface area contributed by atoms with Gasteiger partial charge in [0.15, 0.2) is 5.78 Å². The first kappa shape index (κ1) is 27.1. The molecule has 1 aromatic heterocycles. The van der Waals surface area contributed by atoms with Gasteiger partial charge in [0.2, 0.25) is 5.95 Å². The molecule has 0 spiro atoms. The van der Waals surface area contributed by atoms with E-state index in [1.165, 1.54) is 31.2 Å². The molecule has 0 saturated carbocycles. The fourth-order valence-corrected chi connectivity index (χ4v) is 4.14. The summed E-state index contributed by atoms with van der Waals surface area (Å²) < 4.78 is 0. The minimum Gasteiger partial charge on any atom is -0.324 e. The summed E-state index contributed by atoms with van der Waals surface area (Å²) in [4.78, 5) is 20.0. The van der Waals surface area contributed by atoms with E-state index < -0.39 is 0 Å². The van der Waals surface area contributed by atoms with Crippen molar-refractivity contribution >= 4 is 29.0 Å². The molecule has 0 aliphatic rings. The third-order valence-corrected chi connectivity index (χ3v) is 6.14. The Balaban J connectivity index is 0.000000236. The molecule has 0 radical (unpaired) electrons. The highest BCUT2D eigenvalue weighted by Gasteiger charge is 2.08. The van der Waals surface area contributed by atoms with Gasteiger partial charge < -0.3 is 5.32 Å². The summed E-state index contributed by atoms with van der Waals surface area (Å²) in [5.74, 6) is 1.32. The number of aromatic nitrogens is 2. The fraction of sp³-hybridized carbons (Fsp3) is 0.258. The number of ketones is 1. The van der Waals surface area contributed by atoms with Gasteiger partial charge in [0, 0.05) is 28.0 Å². The van der Waals surface area contributed by atoms with Crippen LogP contribution in [0.5, 0.6) is 0 Å². The molecule has 3 aromatic carbocycles. The average molecular weight is 500 g/mol. The summed E-state index contributed by atoms with van der Waals surface area (Å²) in [6.07, 6.45) is 6.94. The van der Waals surface area contributed by atoms with E-state index in [0.29, 0.717) is 16.5 Å². The molecule has 1 N–H and O–H groups in total. The van der Waals surface area contributed by atoms with Crippen molar-refractivity contribution < 1.29 is 4.79 Å². The van der Waals surface area contributed by atoms with Crippen molar-refractivity contribution in [1.29, 1.82) is 0 Å². The van der Waals surface area contributed by atoms with Gasteiger partial charge in [-0.15, -0.1) is 0 Å². The molecule has 0 unspecified atom stereocenters. The van der Waals surface area contributed by atoms with Crippen LogP contribution in [-0.4, -0.2) is 15.8 Å². The number of carbonyl (C=O) groups excluding carboxylic acids is 1. The Morgan fingerprint density at radius 2 is 1.50 bits per heavy atom. The molecular weight excluding hydrogens is 466 g/mol. The van der Waals surface area contributed by atoms with E-state index in [1.807, 2.05) is 42.5 Å². The molecule has 0 aliphatic heterocycles. The average Bonchev–Trinajstić information content (AvgIpc) is 2.90. The maximum absolute atomic E-state index is 11.3. The molecule has 4 rings (SSSR count). The molecule has 36 heavy (non-hydrogen) atoms. The number of hydrogen-bond donors (Lipinski definition) is 1. The first-order valence-electron chi connectivity index (χ1n) is 12.5. The monoisotopic (exact) mass is 499 g/mol. The normalized spacial score (nSPS) is 10.5. The van der Waals surface area contributed by atoms with E-state index in [2.05, 4.69) is 59.5 Å². The van der Waals surface area contributed by atoms with Crippen molar-refractivity contribution in [3.8, 4) is 11.3 Å². The highest BCUT2D eigenvalue weighted by atomic mass is 35.5. The van der Waals surface area contributed by atoms with Crippen LogP contribution in [0.3, 0.4) is 0 Å². The highest BCUT2D eigenvalue weighted by molar-refractivity contribution is 6.30. The minimum absolute atomic E-state index is 0.0394. The fourth-order valence-electron chi connectivity index (χ4n) is 4.02. The number of Topliss-reactive ketones (excluding diaryl/α,β-unsaturated/α-hetero) is 1. The lowest BCUT2D eigenvalue weighted by Crippen LogP contribution is -1.98. The molecule has 0 amide bonds. The van der Waals surface area contributed by atoms with Crippen LogP contribution in [0, 0.1) is 0 Å². The first-order valence-corrected chi connectivity index (χ1v) is 12.9. The number of anilines is 2. The topological polar surface area (TPSA) is 54.9 Å². The summed E-state index contributed by atoms with van der Waals surface area (Å²) in [6, 6.07) is 27.4. The van der Waals surface area contributed by atoms with Crippen LogP contribution >= 0.6 is 11.6 Å². The van der Waals surface area contributed by atoms with E-state index >= 15 is 0 Å². The zero-order valence-electron chi connectivity index (χ0n) is 21.2. The van der Waals surface area contributed by atoms with Gasteiger partial charge in [-0.3, -0.25) is 4.79 Å². The Kier molecular flexibility index (Phi) is 10.7. The van der Waals surface area contributed by atoms with Crippen LogP contribution in [0.15, 0.2) is 91.1 Å². The number of halogens is 1. The lowest BCUT2D eigenvalue weighted by Gasteiger charge is -2.15. The highest BCUT2D eigenvalue weighted by Crippen LogP contribution is 2.25. The maximum atomic E-state index is 11.3. The standard InChI is InChI=1S/C18H14ClN3O.C13H20/c1-12(23)13-4-8-16(9-5-13)21-18-20-11-10-17(22-18)14-2-6-15(19)7-3-14;1-3-8-12(9-4-2)13-10-6-5-7-11-13/h2-11H,1H3,(H,20,21,22);5-7,10-12H,3-4,8-9H2,1-2H3. The van der Waals surface area contributed by atoms with Crippen LogP contribution in [0.25, 0.3) is 11.3 Å². The van der Waals surface area contributed by atoms with Crippen LogP contribution in [0.2, 0.25) is 5.02 Å². The van der Waals surface area contributed by atoms with Crippen molar-refractivity contribution in [2.24, 2.45) is 0 Å². The lowest BCUT2D eigenvalue weighted by molar-refractivity contribution is 0.101.